The molecule has 1 aliphatic rings. The van der Waals surface area contributed by atoms with Crippen LogP contribution in [0.3, 0.4) is 0 Å². The molecule has 1 atom stereocenters. The van der Waals surface area contributed by atoms with Crippen LogP contribution in [0.4, 0.5) is 0 Å². The highest BCUT2D eigenvalue weighted by atomic mass is 32.1. The molecule has 0 saturated carbocycles. The van der Waals surface area contributed by atoms with E-state index in [1.165, 1.54) is 30.5 Å². The molecule has 2 heterocycles. The Morgan fingerprint density at radius 3 is 3.07 bits per heavy atom. The van der Waals surface area contributed by atoms with Crippen molar-refractivity contribution in [2.45, 2.75) is 32.7 Å². The van der Waals surface area contributed by atoms with Crippen LogP contribution in [-0.2, 0) is 0 Å². The first-order chi connectivity index (χ1) is 7.22. The van der Waals surface area contributed by atoms with Crippen LogP contribution in [0.15, 0.2) is 12.3 Å². The van der Waals surface area contributed by atoms with Gasteiger partial charge in [-0.2, -0.15) is 0 Å². The van der Waals surface area contributed by atoms with Gasteiger partial charge in [0.05, 0.1) is 0 Å². The average molecular weight is 222 g/mol. The first kappa shape index (κ1) is 10.8. The molecule has 1 N–H and O–H groups in total. The summed E-state index contributed by atoms with van der Waals surface area (Å²) in [5.41, 5.74) is 2.74. The quantitative estimate of drug-likeness (QED) is 0.775. The second-order valence-corrected chi connectivity index (χ2v) is 4.66. The maximum Gasteiger partial charge on any atom is 0.103 e. The molecule has 82 valence electrons. The number of aryl methyl sites for hydroxylation is 1. The zero-order valence-corrected chi connectivity index (χ0v) is 10.2. The Hall–Kier alpha value is -0.670. The van der Waals surface area contributed by atoms with E-state index in [4.69, 9.17) is 12.2 Å². The van der Waals surface area contributed by atoms with Crippen LogP contribution in [0.25, 0.3) is 0 Å². The lowest BCUT2D eigenvalue weighted by Crippen LogP contribution is -2.23. The Balaban J connectivity index is 2.32. The normalized spacial score (nSPS) is 22.1. The molecule has 1 aromatic rings. The lowest BCUT2D eigenvalue weighted by atomic mass is 10.0. The van der Waals surface area contributed by atoms with Gasteiger partial charge in [-0.05, 0) is 50.0 Å². The minimum absolute atomic E-state index is 0.599. The lowest BCUT2D eigenvalue weighted by molar-refractivity contribution is 0.270. The van der Waals surface area contributed by atoms with Gasteiger partial charge >= 0.3 is 0 Å². The molecule has 0 amide bonds. The number of aromatic nitrogens is 1. The molecule has 2 rings (SSSR count). The van der Waals surface area contributed by atoms with Gasteiger partial charge in [0.1, 0.15) is 4.64 Å². The van der Waals surface area contributed by atoms with E-state index in [-0.39, 0.29) is 0 Å². The van der Waals surface area contributed by atoms with Crippen molar-refractivity contribution in [2.24, 2.45) is 0 Å². The fourth-order valence-corrected chi connectivity index (χ4v) is 2.74. The zero-order valence-electron chi connectivity index (χ0n) is 9.42. The third-order valence-electron chi connectivity index (χ3n) is 3.30. The highest BCUT2D eigenvalue weighted by molar-refractivity contribution is 7.71. The Labute approximate surface area is 96.3 Å². The maximum atomic E-state index is 5.12. The van der Waals surface area contributed by atoms with Gasteiger partial charge in [-0.25, -0.2) is 0 Å². The number of rotatable bonds is 2. The summed E-state index contributed by atoms with van der Waals surface area (Å²) in [4.78, 5) is 5.69. The van der Waals surface area contributed by atoms with Crippen LogP contribution in [0.5, 0.6) is 0 Å². The molecule has 15 heavy (non-hydrogen) atoms. The van der Waals surface area contributed by atoms with E-state index >= 15 is 0 Å². The predicted molar refractivity (Wildman–Crippen MR) is 65.6 cm³/mol. The number of nitrogens with one attached hydrogen (secondary N) is 1. The van der Waals surface area contributed by atoms with Crippen LogP contribution >= 0.6 is 12.2 Å². The summed E-state index contributed by atoms with van der Waals surface area (Å²) in [7, 11) is 0. The van der Waals surface area contributed by atoms with Crippen LogP contribution in [0, 0.1) is 11.6 Å². The predicted octanol–water partition coefficient (Wildman–Crippen LogP) is 3.21. The van der Waals surface area contributed by atoms with E-state index in [0.29, 0.717) is 6.04 Å². The highest BCUT2D eigenvalue weighted by Crippen LogP contribution is 2.32. The van der Waals surface area contributed by atoms with Gasteiger partial charge in [0, 0.05) is 12.2 Å². The SMILES string of the molecule is CCN1CCC[C@H]1c1c[nH]c(=S)cc1C. The molecule has 1 aliphatic heterocycles. The number of H-pyrrole nitrogens is 1. The van der Waals surface area contributed by atoms with Gasteiger partial charge < -0.3 is 4.98 Å². The summed E-state index contributed by atoms with van der Waals surface area (Å²) >= 11 is 5.12. The van der Waals surface area contributed by atoms with Gasteiger partial charge in [0.2, 0.25) is 0 Å². The minimum Gasteiger partial charge on any atom is -0.353 e. The van der Waals surface area contributed by atoms with Crippen molar-refractivity contribution < 1.29 is 0 Å². The zero-order chi connectivity index (χ0) is 10.8. The molecular weight excluding hydrogens is 204 g/mol. The molecule has 0 unspecified atom stereocenters. The number of pyridine rings is 1. The van der Waals surface area contributed by atoms with Crippen molar-refractivity contribution in [1.82, 2.24) is 9.88 Å². The molecule has 0 bridgehead atoms. The second kappa shape index (κ2) is 4.45. The summed E-state index contributed by atoms with van der Waals surface area (Å²) in [6.45, 7) is 6.76. The van der Waals surface area contributed by atoms with Crippen molar-refractivity contribution in [1.29, 1.82) is 0 Å². The molecule has 1 saturated heterocycles. The molecule has 3 heteroatoms. The van der Waals surface area contributed by atoms with E-state index in [0.717, 1.165) is 11.2 Å². The smallest absolute Gasteiger partial charge is 0.103 e. The fraction of sp³-hybridized carbons (Fsp3) is 0.583. The third-order valence-corrected chi connectivity index (χ3v) is 3.54. The fourth-order valence-electron chi connectivity index (χ4n) is 2.50. The summed E-state index contributed by atoms with van der Waals surface area (Å²) < 4.78 is 0.831. The molecule has 1 fully saturated rings. The van der Waals surface area contributed by atoms with Crippen LogP contribution < -0.4 is 0 Å². The van der Waals surface area contributed by atoms with E-state index in [9.17, 15) is 0 Å². The standard InChI is InChI=1S/C12H18N2S/c1-3-14-6-4-5-11(14)10-8-13-12(15)7-9(10)2/h7-8,11H,3-6H2,1-2H3,(H,13,15)/t11-/m0/s1. The molecule has 0 radical (unpaired) electrons. The summed E-state index contributed by atoms with van der Waals surface area (Å²) in [5.74, 6) is 0. The van der Waals surface area contributed by atoms with Crippen LogP contribution in [0.2, 0.25) is 0 Å². The summed E-state index contributed by atoms with van der Waals surface area (Å²) in [6, 6.07) is 2.67. The number of hydrogen-bond donors (Lipinski definition) is 1. The monoisotopic (exact) mass is 222 g/mol. The number of aromatic amines is 1. The topological polar surface area (TPSA) is 19.0 Å². The second-order valence-electron chi connectivity index (χ2n) is 4.22. The van der Waals surface area contributed by atoms with Crippen LogP contribution in [0.1, 0.15) is 36.9 Å². The maximum absolute atomic E-state index is 5.12. The molecule has 1 aromatic heterocycles. The minimum atomic E-state index is 0.599. The largest absolute Gasteiger partial charge is 0.353 e. The van der Waals surface area contributed by atoms with Gasteiger partial charge in [0.15, 0.2) is 0 Å². The highest BCUT2D eigenvalue weighted by Gasteiger charge is 2.25. The summed E-state index contributed by atoms with van der Waals surface area (Å²) in [5, 5.41) is 0. The molecule has 0 aromatic carbocycles. The van der Waals surface area contributed by atoms with E-state index in [2.05, 4.69) is 36.0 Å². The molecule has 0 spiro atoms. The van der Waals surface area contributed by atoms with Gasteiger partial charge in [-0.3, -0.25) is 4.90 Å². The molecule has 0 aliphatic carbocycles. The van der Waals surface area contributed by atoms with E-state index in [1.807, 2.05) is 0 Å². The first-order valence-corrected chi connectivity index (χ1v) is 6.06. The first-order valence-electron chi connectivity index (χ1n) is 5.65. The Morgan fingerprint density at radius 2 is 2.40 bits per heavy atom. The Kier molecular flexibility index (Phi) is 3.22. The van der Waals surface area contributed by atoms with Crippen LogP contribution in [-0.4, -0.2) is 23.0 Å². The number of hydrogen-bond acceptors (Lipinski definition) is 2. The van der Waals surface area contributed by atoms with Crippen molar-refractivity contribution >= 4 is 12.2 Å². The van der Waals surface area contributed by atoms with E-state index < -0.39 is 0 Å². The van der Waals surface area contributed by atoms with Crippen molar-refractivity contribution in [3.8, 4) is 0 Å². The number of nitrogens with zero attached hydrogens (tertiary/aromatic N) is 1. The molecule has 2 nitrogen and oxygen atoms in total. The Bertz CT molecular complexity index is 397. The number of likely N-dealkylation sites (tertiary alicyclic amines) is 1. The average Bonchev–Trinajstić information content (AvgIpc) is 2.65. The lowest BCUT2D eigenvalue weighted by Gasteiger charge is -2.24. The van der Waals surface area contributed by atoms with Crippen molar-refractivity contribution in [2.75, 3.05) is 13.1 Å². The Morgan fingerprint density at radius 1 is 1.60 bits per heavy atom. The van der Waals surface area contributed by atoms with Gasteiger partial charge in [-0.1, -0.05) is 19.1 Å². The van der Waals surface area contributed by atoms with E-state index in [1.54, 1.807) is 0 Å². The van der Waals surface area contributed by atoms with Gasteiger partial charge in [0.25, 0.3) is 0 Å². The molecular formula is C12H18N2S. The van der Waals surface area contributed by atoms with Crippen molar-refractivity contribution in [3.05, 3.63) is 28.0 Å². The third kappa shape index (κ3) is 2.13. The van der Waals surface area contributed by atoms with Gasteiger partial charge in [-0.15, -0.1) is 0 Å². The summed E-state index contributed by atoms with van der Waals surface area (Å²) in [6.07, 6.45) is 4.68. The van der Waals surface area contributed by atoms with Crippen molar-refractivity contribution in [3.63, 3.8) is 0 Å².